The molecule has 1 N–H and O–H groups in total. The highest BCUT2D eigenvalue weighted by Gasteiger charge is 2.12. The highest BCUT2D eigenvalue weighted by atomic mass is 16.6. The van der Waals surface area contributed by atoms with E-state index in [0.29, 0.717) is 22.6 Å². The fourth-order valence-corrected chi connectivity index (χ4v) is 2.75. The van der Waals surface area contributed by atoms with Crippen molar-refractivity contribution in [2.75, 3.05) is 13.7 Å². The number of nitrogens with one attached hydrogen (secondary N) is 1. The zero-order chi connectivity index (χ0) is 22.9. The van der Waals surface area contributed by atoms with Crippen molar-refractivity contribution < 1.29 is 23.8 Å². The molecule has 32 heavy (non-hydrogen) atoms. The van der Waals surface area contributed by atoms with Gasteiger partial charge in [0.05, 0.1) is 18.9 Å². The van der Waals surface area contributed by atoms with Crippen molar-refractivity contribution in [2.24, 2.45) is 5.10 Å². The van der Waals surface area contributed by atoms with Gasteiger partial charge in [0, 0.05) is 0 Å². The van der Waals surface area contributed by atoms with Crippen molar-refractivity contribution in [1.82, 2.24) is 5.43 Å². The molecule has 0 atom stereocenters. The van der Waals surface area contributed by atoms with E-state index in [1.807, 2.05) is 38.1 Å². The minimum absolute atomic E-state index is 0.155. The molecule has 0 saturated heterocycles. The van der Waals surface area contributed by atoms with Crippen LogP contribution >= 0.6 is 0 Å². The van der Waals surface area contributed by atoms with Crippen LogP contribution in [0.25, 0.3) is 0 Å². The molecule has 7 nitrogen and oxygen atoms in total. The van der Waals surface area contributed by atoms with Crippen LogP contribution < -0.4 is 19.6 Å². The van der Waals surface area contributed by atoms with Gasteiger partial charge in [-0.2, -0.15) is 5.10 Å². The van der Waals surface area contributed by atoms with Gasteiger partial charge in [-0.25, -0.2) is 10.2 Å². The zero-order valence-electron chi connectivity index (χ0n) is 18.1. The summed E-state index contributed by atoms with van der Waals surface area (Å²) in [5, 5.41) is 3.93. The molecule has 3 rings (SSSR count). The molecule has 3 aromatic carbocycles. The van der Waals surface area contributed by atoms with Crippen LogP contribution in [0.3, 0.4) is 0 Å². The molecule has 0 aromatic heterocycles. The average molecular weight is 432 g/mol. The molecule has 0 radical (unpaired) electrons. The summed E-state index contributed by atoms with van der Waals surface area (Å²) in [6.45, 7) is 3.83. The third-order valence-electron chi connectivity index (χ3n) is 4.65. The molecule has 0 aliphatic rings. The van der Waals surface area contributed by atoms with E-state index in [0.717, 1.165) is 11.1 Å². The Morgan fingerprint density at radius 3 is 2.44 bits per heavy atom. The first-order valence-corrected chi connectivity index (χ1v) is 9.93. The van der Waals surface area contributed by atoms with E-state index >= 15 is 0 Å². The topological polar surface area (TPSA) is 86.2 Å². The number of amides is 1. The van der Waals surface area contributed by atoms with Crippen LogP contribution in [0.5, 0.6) is 17.2 Å². The number of carbonyl (C=O) groups excluding carboxylic acids is 2. The number of esters is 1. The van der Waals surface area contributed by atoms with Gasteiger partial charge in [-0.3, -0.25) is 4.79 Å². The summed E-state index contributed by atoms with van der Waals surface area (Å²) in [5.74, 6) is 0.394. The van der Waals surface area contributed by atoms with Crippen molar-refractivity contribution in [3.63, 3.8) is 0 Å². The number of nitrogens with zero attached hydrogens (tertiary/aromatic N) is 1. The van der Waals surface area contributed by atoms with Gasteiger partial charge < -0.3 is 14.2 Å². The van der Waals surface area contributed by atoms with Gasteiger partial charge in [-0.05, 0) is 73.0 Å². The minimum Gasteiger partial charge on any atom is -0.493 e. The Bertz CT molecular complexity index is 1130. The van der Waals surface area contributed by atoms with E-state index in [-0.39, 0.29) is 18.3 Å². The van der Waals surface area contributed by atoms with Gasteiger partial charge in [0.15, 0.2) is 18.1 Å². The van der Waals surface area contributed by atoms with E-state index in [2.05, 4.69) is 10.5 Å². The third-order valence-corrected chi connectivity index (χ3v) is 4.65. The van der Waals surface area contributed by atoms with Crippen molar-refractivity contribution in [2.45, 2.75) is 13.8 Å². The summed E-state index contributed by atoms with van der Waals surface area (Å²) >= 11 is 0. The summed E-state index contributed by atoms with van der Waals surface area (Å²) in [4.78, 5) is 24.2. The first-order chi connectivity index (χ1) is 15.5. The van der Waals surface area contributed by atoms with E-state index in [9.17, 15) is 9.59 Å². The molecule has 0 heterocycles. The lowest BCUT2D eigenvalue weighted by molar-refractivity contribution is -0.123. The van der Waals surface area contributed by atoms with Gasteiger partial charge in [0.1, 0.15) is 5.75 Å². The molecule has 1 amide bonds. The Morgan fingerprint density at radius 1 is 0.938 bits per heavy atom. The number of carbonyl (C=O) groups is 2. The molecule has 0 fully saturated rings. The maximum atomic E-state index is 12.2. The van der Waals surface area contributed by atoms with Crippen molar-refractivity contribution in [3.8, 4) is 17.2 Å². The van der Waals surface area contributed by atoms with E-state index < -0.39 is 5.97 Å². The Balaban J connectivity index is 1.55. The predicted molar refractivity (Wildman–Crippen MR) is 122 cm³/mol. The molecule has 3 aromatic rings. The molecule has 0 unspecified atom stereocenters. The minimum atomic E-state index is -0.485. The van der Waals surface area contributed by atoms with Crippen LogP contribution in [0, 0.1) is 13.8 Å². The lowest BCUT2D eigenvalue weighted by Gasteiger charge is -2.10. The van der Waals surface area contributed by atoms with Gasteiger partial charge >= 0.3 is 5.97 Å². The van der Waals surface area contributed by atoms with E-state index in [1.165, 1.54) is 13.3 Å². The zero-order valence-corrected chi connectivity index (χ0v) is 18.1. The maximum absolute atomic E-state index is 12.2. The number of methoxy groups -OCH3 is 1. The maximum Gasteiger partial charge on any atom is 0.343 e. The summed E-state index contributed by atoms with van der Waals surface area (Å²) in [6.07, 6.45) is 1.46. The number of hydrogen-bond donors (Lipinski definition) is 1. The Morgan fingerprint density at radius 2 is 1.72 bits per heavy atom. The van der Waals surface area contributed by atoms with Crippen LogP contribution in [-0.4, -0.2) is 31.8 Å². The lowest BCUT2D eigenvalue weighted by Crippen LogP contribution is -2.24. The number of aryl methyl sites for hydroxylation is 2. The first kappa shape index (κ1) is 22.6. The van der Waals surface area contributed by atoms with Crippen molar-refractivity contribution in [1.29, 1.82) is 0 Å². The molecular weight excluding hydrogens is 408 g/mol. The number of hydrogen-bond acceptors (Lipinski definition) is 6. The summed E-state index contributed by atoms with van der Waals surface area (Å²) < 4.78 is 16.2. The number of benzene rings is 3. The van der Waals surface area contributed by atoms with Crippen LogP contribution in [0.4, 0.5) is 0 Å². The predicted octanol–water partition coefficient (Wildman–Crippen LogP) is 4.06. The van der Waals surface area contributed by atoms with Gasteiger partial charge in [-0.1, -0.05) is 24.3 Å². The van der Waals surface area contributed by atoms with Crippen molar-refractivity contribution in [3.05, 3.63) is 89.0 Å². The van der Waals surface area contributed by atoms with Crippen LogP contribution in [0.15, 0.2) is 71.8 Å². The number of rotatable bonds is 8. The lowest BCUT2D eigenvalue weighted by atomic mass is 10.1. The van der Waals surface area contributed by atoms with Crippen LogP contribution in [0.2, 0.25) is 0 Å². The second-order valence-corrected chi connectivity index (χ2v) is 6.99. The Kier molecular flexibility index (Phi) is 7.59. The van der Waals surface area contributed by atoms with Gasteiger partial charge in [0.25, 0.3) is 5.91 Å². The fraction of sp³-hybridized carbons (Fsp3) is 0.160. The summed E-state index contributed by atoms with van der Waals surface area (Å²) in [7, 11) is 1.47. The van der Waals surface area contributed by atoms with Gasteiger partial charge in [-0.15, -0.1) is 0 Å². The third kappa shape index (κ3) is 6.18. The normalized spacial score (nSPS) is 10.6. The monoisotopic (exact) mass is 432 g/mol. The standard InChI is InChI=1S/C25H24N2O5/c1-17-9-11-21(13-18(17)2)31-16-24(28)27-26-15-19-10-12-22(23(14-19)30-3)32-25(29)20-7-5-4-6-8-20/h4-15H,16H2,1-3H3,(H,27,28)/b26-15-. The molecule has 0 saturated carbocycles. The Labute approximate surface area is 186 Å². The quantitative estimate of drug-likeness (QED) is 0.251. The number of hydrazone groups is 1. The second-order valence-electron chi connectivity index (χ2n) is 6.99. The average Bonchev–Trinajstić information content (AvgIpc) is 2.81. The largest absolute Gasteiger partial charge is 0.493 e. The smallest absolute Gasteiger partial charge is 0.343 e. The summed E-state index contributed by atoms with van der Waals surface area (Å²) in [6, 6.07) is 19.3. The van der Waals surface area contributed by atoms with Crippen LogP contribution in [0.1, 0.15) is 27.0 Å². The molecule has 0 aliphatic carbocycles. The second kappa shape index (κ2) is 10.8. The Hall–Kier alpha value is -4.13. The van der Waals surface area contributed by atoms with Crippen molar-refractivity contribution >= 4 is 18.1 Å². The van der Waals surface area contributed by atoms with E-state index in [1.54, 1.807) is 42.5 Å². The highest BCUT2D eigenvalue weighted by molar-refractivity contribution is 5.91. The summed E-state index contributed by atoms with van der Waals surface area (Å²) in [5.41, 5.74) is 5.74. The highest BCUT2D eigenvalue weighted by Crippen LogP contribution is 2.28. The molecule has 0 aliphatic heterocycles. The van der Waals surface area contributed by atoms with E-state index in [4.69, 9.17) is 14.2 Å². The molecular formula is C25H24N2O5. The van der Waals surface area contributed by atoms with Gasteiger partial charge in [0.2, 0.25) is 0 Å². The SMILES string of the molecule is COc1cc(/C=N\NC(=O)COc2ccc(C)c(C)c2)ccc1OC(=O)c1ccccc1. The molecule has 0 bridgehead atoms. The molecule has 0 spiro atoms. The fourth-order valence-electron chi connectivity index (χ4n) is 2.75. The molecule has 7 heteroatoms. The first-order valence-electron chi connectivity index (χ1n) is 9.93. The number of ether oxygens (including phenoxy) is 3. The molecule has 164 valence electrons. The van der Waals surface area contributed by atoms with Crippen LogP contribution in [-0.2, 0) is 4.79 Å².